The summed E-state index contributed by atoms with van der Waals surface area (Å²) in [5.41, 5.74) is 1.60. The molecule has 0 aliphatic carbocycles. The SMILES string of the molecule is COc1ccccc1-c1nnc(CCC(=O)Nc2ccccc2C#N)o1. The number of methoxy groups -OCH3 is 1. The van der Waals surface area contributed by atoms with E-state index in [0.29, 0.717) is 40.8 Å². The summed E-state index contributed by atoms with van der Waals surface area (Å²) >= 11 is 0. The molecule has 1 heterocycles. The molecule has 1 aromatic heterocycles. The third-order valence-corrected chi connectivity index (χ3v) is 3.69. The molecule has 0 saturated carbocycles. The topological polar surface area (TPSA) is 101 Å². The molecule has 0 aliphatic rings. The van der Waals surface area contributed by atoms with E-state index in [-0.39, 0.29) is 12.3 Å². The Kier molecular flexibility index (Phi) is 5.25. The number of para-hydroxylation sites is 2. The van der Waals surface area contributed by atoms with E-state index in [9.17, 15) is 4.79 Å². The molecule has 0 atom stereocenters. The van der Waals surface area contributed by atoms with Crippen molar-refractivity contribution >= 4 is 11.6 Å². The molecule has 0 radical (unpaired) electrons. The summed E-state index contributed by atoms with van der Waals surface area (Å²) in [6.45, 7) is 0. The molecule has 0 spiro atoms. The first kappa shape index (κ1) is 17.2. The molecule has 1 amide bonds. The first-order chi connectivity index (χ1) is 12.7. The zero-order valence-electron chi connectivity index (χ0n) is 14.1. The van der Waals surface area contributed by atoms with Gasteiger partial charge in [0.25, 0.3) is 5.89 Å². The van der Waals surface area contributed by atoms with E-state index in [2.05, 4.69) is 15.5 Å². The second-order valence-corrected chi connectivity index (χ2v) is 5.41. The van der Waals surface area contributed by atoms with Crippen LogP contribution in [0.4, 0.5) is 5.69 Å². The molecule has 3 rings (SSSR count). The summed E-state index contributed by atoms with van der Waals surface area (Å²) in [7, 11) is 1.57. The Balaban J connectivity index is 1.63. The fraction of sp³-hybridized carbons (Fsp3) is 0.158. The van der Waals surface area contributed by atoms with Gasteiger partial charge in [-0.3, -0.25) is 4.79 Å². The monoisotopic (exact) mass is 348 g/mol. The van der Waals surface area contributed by atoms with Crippen LogP contribution in [0.25, 0.3) is 11.5 Å². The number of nitriles is 1. The summed E-state index contributed by atoms with van der Waals surface area (Å²) in [6.07, 6.45) is 0.454. The number of aryl methyl sites for hydroxylation is 1. The number of nitrogens with zero attached hydrogens (tertiary/aromatic N) is 3. The molecule has 0 aliphatic heterocycles. The predicted octanol–water partition coefficient (Wildman–Crippen LogP) is 3.19. The summed E-state index contributed by atoms with van der Waals surface area (Å²) in [5, 5.41) is 19.8. The van der Waals surface area contributed by atoms with E-state index in [0.717, 1.165) is 0 Å². The van der Waals surface area contributed by atoms with Gasteiger partial charge in [0.2, 0.25) is 11.8 Å². The largest absolute Gasteiger partial charge is 0.496 e. The van der Waals surface area contributed by atoms with Crippen LogP contribution in [0.1, 0.15) is 17.9 Å². The van der Waals surface area contributed by atoms with Crippen LogP contribution in [0.5, 0.6) is 5.75 Å². The Morgan fingerprint density at radius 3 is 2.77 bits per heavy atom. The minimum absolute atomic E-state index is 0.160. The lowest BCUT2D eigenvalue weighted by atomic mass is 10.2. The van der Waals surface area contributed by atoms with Crippen molar-refractivity contribution < 1.29 is 13.9 Å². The van der Waals surface area contributed by atoms with Crippen molar-refractivity contribution in [1.82, 2.24) is 10.2 Å². The number of amides is 1. The van der Waals surface area contributed by atoms with Gasteiger partial charge in [0.1, 0.15) is 11.8 Å². The van der Waals surface area contributed by atoms with E-state index < -0.39 is 0 Å². The third-order valence-electron chi connectivity index (χ3n) is 3.69. The number of hydrogen-bond donors (Lipinski definition) is 1. The second kappa shape index (κ2) is 7.94. The fourth-order valence-corrected chi connectivity index (χ4v) is 2.41. The lowest BCUT2D eigenvalue weighted by Gasteiger charge is -2.05. The van der Waals surface area contributed by atoms with E-state index in [1.165, 1.54) is 0 Å². The van der Waals surface area contributed by atoms with Crippen LogP contribution in [0.3, 0.4) is 0 Å². The zero-order valence-corrected chi connectivity index (χ0v) is 14.1. The van der Waals surface area contributed by atoms with E-state index in [4.69, 9.17) is 14.4 Å². The first-order valence-electron chi connectivity index (χ1n) is 7.96. The van der Waals surface area contributed by atoms with Gasteiger partial charge in [-0.25, -0.2) is 0 Å². The molecular weight excluding hydrogens is 332 g/mol. The molecule has 7 nitrogen and oxygen atoms in total. The highest BCUT2D eigenvalue weighted by Gasteiger charge is 2.14. The average Bonchev–Trinajstić information content (AvgIpc) is 3.15. The van der Waals surface area contributed by atoms with Gasteiger partial charge < -0.3 is 14.5 Å². The van der Waals surface area contributed by atoms with E-state index >= 15 is 0 Å². The van der Waals surface area contributed by atoms with Gasteiger partial charge in [-0.1, -0.05) is 24.3 Å². The summed E-state index contributed by atoms with van der Waals surface area (Å²) in [5.74, 6) is 1.10. The number of ether oxygens (including phenoxy) is 1. The van der Waals surface area contributed by atoms with Crippen molar-refractivity contribution in [1.29, 1.82) is 5.26 Å². The lowest BCUT2D eigenvalue weighted by Crippen LogP contribution is -2.13. The molecule has 130 valence electrons. The van der Waals surface area contributed by atoms with Crippen LogP contribution < -0.4 is 10.1 Å². The van der Waals surface area contributed by atoms with Crippen molar-refractivity contribution in [3.63, 3.8) is 0 Å². The standard InChI is InChI=1S/C19H16N4O3/c1-25-16-9-5-3-7-14(16)19-23-22-18(26-19)11-10-17(24)21-15-8-4-2-6-13(15)12-20/h2-9H,10-11H2,1H3,(H,21,24). The Hall–Kier alpha value is -3.66. The summed E-state index contributed by atoms with van der Waals surface area (Å²) in [4.78, 5) is 12.1. The highest BCUT2D eigenvalue weighted by Crippen LogP contribution is 2.28. The summed E-state index contributed by atoms with van der Waals surface area (Å²) < 4.78 is 10.9. The van der Waals surface area contributed by atoms with Gasteiger partial charge in [-0.2, -0.15) is 5.26 Å². The molecule has 1 N–H and O–H groups in total. The van der Waals surface area contributed by atoms with Crippen molar-refractivity contribution in [2.75, 3.05) is 12.4 Å². The highest BCUT2D eigenvalue weighted by molar-refractivity contribution is 5.92. The normalized spacial score (nSPS) is 10.2. The maximum Gasteiger partial charge on any atom is 0.251 e. The molecular formula is C19H16N4O3. The maximum absolute atomic E-state index is 12.1. The number of rotatable bonds is 6. The van der Waals surface area contributed by atoms with Gasteiger partial charge in [0, 0.05) is 12.8 Å². The number of carbonyl (C=O) groups is 1. The number of nitrogens with one attached hydrogen (secondary N) is 1. The predicted molar refractivity (Wildman–Crippen MR) is 94.4 cm³/mol. The first-order valence-corrected chi connectivity index (χ1v) is 7.96. The second-order valence-electron chi connectivity index (χ2n) is 5.41. The third kappa shape index (κ3) is 3.87. The molecule has 2 aromatic carbocycles. The molecule has 0 bridgehead atoms. The van der Waals surface area contributed by atoms with E-state index in [1.54, 1.807) is 37.4 Å². The minimum atomic E-state index is -0.232. The van der Waals surface area contributed by atoms with Gasteiger partial charge in [-0.15, -0.1) is 10.2 Å². The number of hydrogen-bond acceptors (Lipinski definition) is 6. The smallest absolute Gasteiger partial charge is 0.251 e. The van der Waals surface area contributed by atoms with Crippen LogP contribution in [-0.2, 0) is 11.2 Å². The number of carbonyl (C=O) groups excluding carboxylic acids is 1. The Morgan fingerprint density at radius 2 is 1.96 bits per heavy atom. The van der Waals surface area contributed by atoms with Crippen molar-refractivity contribution in [2.45, 2.75) is 12.8 Å². The number of aromatic nitrogens is 2. The lowest BCUT2D eigenvalue weighted by molar-refractivity contribution is -0.116. The van der Waals surface area contributed by atoms with Crippen LogP contribution in [0.15, 0.2) is 52.9 Å². The molecule has 7 heteroatoms. The van der Waals surface area contributed by atoms with Crippen LogP contribution >= 0.6 is 0 Å². The molecule has 26 heavy (non-hydrogen) atoms. The van der Waals surface area contributed by atoms with Gasteiger partial charge in [0.15, 0.2) is 0 Å². The zero-order chi connectivity index (χ0) is 18.4. The van der Waals surface area contributed by atoms with Gasteiger partial charge in [0.05, 0.1) is 23.9 Å². The van der Waals surface area contributed by atoms with Crippen LogP contribution in [0, 0.1) is 11.3 Å². The molecule has 0 saturated heterocycles. The van der Waals surface area contributed by atoms with Crippen molar-refractivity contribution in [3.05, 3.63) is 60.0 Å². The van der Waals surface area contributed by atoms with Gasteiger partial charge >= 0.3 is 0 Å². The number of benzene rings is 2. The molecule has 0 unspecified atom stereocenters. The number of anilines is 1. The molecule has 0 fully saturated rings. The highest BCUT2D eigenvalue weighted by atomic mass is 16.5. The summed E-state index contributed by atoms with van der Waals surface area (Å²) in [6, 6.07) is 16.2. The van der Waals surface area contributed by atoms with Gasteiger partial charge in [-0.05, 0) is 24.3 Å². The fourth-order valence-electron chi connectivity index (χ4n) is 2.41. The average molecular weight is 348 g/mol. The Labute approximate surface area is 150 Å². The molecule has 3 aromatic rings. The quantitative estimate of drug-likeness (QED) is 0.734. The van der Waals surface area contributed by atoms with Crippen molar-refractivity contribution in [2.24, 2.45) is 0 Å². The van der Waals surface area contributed by atoms with Crippen LogP contribution in [0.2, 0.25) is 0 Å². The van der Waals surface area contributed by atoms with Crippen molar-refractivity contribution in [3.8, 4) is 23.3 Å². The van der Waals surface area contributed by atoms with E-state index in [1.807, 2.05) is 24.3 Å². The Morgan fingerprint density at radius 1 is 1.19 bits per heavy atom. The minimum Gasteiger partial charge on any atom is -0.496 e. The van der Waals surface area contributed by atoms with Crippen LogP contribution in [-0.4, -0.2) is 23.2 Å². The Bertz CT molecular complexity index is 959. The maximum atomic E-state index is 12.1.